The summed E-state index contributed by atoms with van der Waals surface area (Å²) < 4.78 is 0. The summed E-state index contributed by atoms with van der Waals surface area (Å²) >= 11 is 0. The van der Waals surface area contributed by atoms with Gasteiger partial charge >= 0.3 is 0 Å². The maximum absolute atomic E-state index is 9.70. The Morgan fingerprint density at radius 3 is 2.47 bits per heavy atom. The molecular formula is C15H25NO. The van der Waals surface area contributed by atoms with Crippen molar-refractivity contribution < 1.29 is 5.11 Å². The fourth-order valence-corrected chi connectivity index (χ4v) is 1.93. The van der Waals surface area contributed by atoms with Gasteiger partial charge in [-0.2, -0.15) is 0 Å². The highest BCUT2D eigenvalue weighted by Gasteiger charge is 2.05. The third-order valence-electron chi connectivity index (χ3n) is 2.83. The van der Waals surface area contributed by atoms with Gasteiger partial charge in [-0.3, -0.25) is 0 Å². The first kappa shape index (κ1) is 14.2. The second kappa shape index (κ2) is 8.26. The quantitative estimate of drug-likeness (QED) is 0.679. The van der Waals surface area contributed by atoms with Gasteiger partial charge in [0.05, 0.1) is 6.10 Å². The van der Waals surface area contributed by atoms with Crippen LogP contribution >= 0.6 is 0 Å². The topological polar surface area (TPSA) is 32.3 Å². The second-order valence-corrected chi connectivity index (χ2v) is 5.06. The van der Waals surface area contributed by atoms with Crippen molar-refractivity contribution in [2.75, 3.05) is 13.1 Å². The van der Waals surface area contributed by atoms with Crippen LogP contribution in [0, 0.1) is 5.92 Å². The van der Waals surface area contributed by atoms with Gasteiger partial charge in [0.25, 0.3) is 0 Å². The molecule has 0 saturated heterocycles. The molecule has 1 rings (SSSR count). The van der Waals surface area contributed by atoms with Crippen LogP contribution in [0.15, 0.2) is 30.3 Å². The molecule has 17 heavy (non-hydrogen) atoms. The van der Waals surface area contributed by atoms with Crippen LogP contribution in [0.25, 0.3) is 0 Å². The minimum absolute atomic E-state index is 0.153. The van der Waals surface area contributed by atoms with E-state index in [0.29, 0.717) is 5.92 Å². The molecule has 2 N–H and O–H groups in total. The lowest BCUT2D eigenvalue weighted by Crippen LogP contribution is -2.23. The normalized spacial score (nSPS) is 12.9. The Morgan fingerprint density at radius 1 is 1.12 bits per heavy atom. The number of benzene rings is 1. The lowest BCUT2D eigenvalue weighted by Gasteiger charge is -2.13. The van der Waals surface area contributed by atoms with E-state index in [1.807, 2.05) is 6.07 Å². The lowest BCUT2D eigenvalue weighted by atomic mass is 10.0. The van der Waals surface area contributed by atoms with Crippen molar-refractivity contribution in [3.63, 3.8) is 0 Å². The first-order chi connectivity index (χ1) is 8.18. The molecule has 0 aliphatic heterocycles. The van der Waals surface area contributed by atoms with Crippen molar-refractivity contribution in [1.29, 1.82) is 0 Å². The van der Waals surface area contributed by atoms with Gasteiger partial charge in [0.2, 0.25) is 0 Å². The Bertz CT molecular complexity index is 284. The number of hydrogen-bond donors (Lipinski definition) is 2. The highest BCUT2D eigenvalue weighted by molar-refractivity contribution is 5.14. The van der Waals surface area contributed by atoms with E-state index in [2.05, 4.69) is 43.4 Å². The van der Waals surface area contributed by atoms with Gasteiger partial charge < -0.3 is 10.4 Å². The monoisotopic (exact) mass is 235 g/mol. The zero-order valence-corrected chi connectivity index (χ0v) is 11.0. The highest BCUT2D eigenvalue weighted by Crippen LogP contribution is 2.06. The molecule has 0 aromatic heterocycles. The van der Waals surface area contributed by atoms with Gasteiger partial charge in [-0.1, -0.05) is 44.2 Å². The number of aliphatic hydroxyl groups is 1. The van der Waals surface area contributed by atoms with Crippen LogP contribution in [0.1, 0.15) is 32.3 Å². The second-order valence-electron chi connectivity index (χ2n) is 5.06. The van der Waals surface area contributed by atoms with E-state index in [4.69, 9.17) is 0 Å². The molecule has 0 spiro atoms. The predicted octanol–water partition coefficient (Wildman–Crippen LogP) is 2.62. The van der Waals surface area contributed by atoms with Crippen molar-refractivity contribution in [2.24, 2.45) is 5.92 Å². The smallest absolute Gasteiger partial charge is 0.0554 e. The predicted molar refractivity (Wildman–Crippen MR) is 73.1 cm³/mol. The molecular weight excluding hydrogens is 210 g/mol. The van der Waals surface area contributed by atoms with Crippen LogP contribution in [0.5, 0.6) is 0 Å². The molecule has 0 fully saturated rings. The molecule has 0 saturated carbocycles. The first-order valence-corrected chi connectivity index (χ1v) is 6.61. The molecule has 0 bridgehead atoms. The van der Waals surface area contributed by atoms with Crippen molar-refractivity contribution in [2.45, 2.75) is 39.2 Å². The molecule has 0 amide bonds. The Hall–Kier alpha value is -0.860. The fraction of sp³-hybridized carbons (Fsp3) is 0.600. The van der Waals surface area contributed by atoms with Gasteiger partial charge in [0.1, 0.15) is 0 Å². The minimum Gasteiger partial charge on any atom is -0.393 e. The summed E-state index contributed by atoms with van der Waals surface area (Å²) in [5, 5.41) is 13.1. The number of aliphatic hydroxyl groups excluding tert-OH is 1. The van der Waals surface area contributed by atoms with Crippen LogP contribution in [0.4, 0.5) is 0 Å². The van der Waals surface area contributed by atoms with E-state index < -0.39 is 0 Å². The number of rotatable bonds is 8. The van der Waals surface area contributed by atoms with Gasteiger partial charge in [0, 0.05) is 0 Å². The molecule has 2 heteroatoms. The molecule has 0 radical (unpaired) electrons. The van der Waals surface area contributed by atoms with E-state index >= 15 is 0 Å². The standard InChI is InChI=1S/C15H25NO/c1-13(2)12-15(17)9-11-16-10-8-14-6-4-3-5-7-14/h3-7,13,15-17H,8-12H2,1-2H3/t15-/m0/s1. The van der Waals surface area contributed by atoms with Crippen LogP contribution in [-0.2, 0) is 6.42 Å². The zero-order chi connectivity index (χ0) is 12.5. The third-order valence-corrected chi connectivity index (χ3v) is 2.83. The summed E-state index contributed by atoms with van der Waals surface area (Å²) in [7, 11) is 0. The van der Waals surface area contributed by atoms with Crippen molar-refractivity contribution >= 4 is 0 Å². The molecule has 0 aliphatic carbocycles. The highest BCUT2D eigenvalue weighted by atomic mass is 16.3. The fourth-order valence-electron chi connectivity index (χ4n) is 1.93. The van der Waals surface area contributed by atoms with Crippen molar-refractivity contribution in [3.05, 3.63) is 35.9 Å². The van der Waals surface area contributed by atoms with Gasteiger partial charge in [-0.25, -0.2) is 0 Å². The number of nitrogens with one attached hydrogen (secondary N) is 1. The lowest BCUT2D eigenvalue weighted by molar-refractivity contribution is 0.139. The summed E-state index contributed by atoms with van der Waals surface area (Å²) in [5.41, 5.74) is 1.36. The Balaban J connectivity index is 2.01. The molecule has 0 unspecified atom stereocenters. The minimum atomic E-state index is -0.153. The maximum Gasteiger partial charge on any atom is 0.0554 e. The van der Waals surface area contributed by atoms with Gasteiger partial charge in [-0.15, -0.1) is 0 Å². The van der Waals surface area contributed by atoms with Crippen LogP contribution < -0.4 is 5.32 Å². The SMILES string of the molecule is CC(C)C[C@@H](O)CCNCCc1ccccc1. The summed E-state index contributed by atoms with van der Waals surface area (Å²) in [6.07, 6.45) is 2.66. The first-order valence-electron chi connectivity index (χ1n) is 6.61. The zero-order valence-electron chi connectivity index (χ0n) is 11.0. The summed E-state index contributed by atoms with van der Waals surface area (Å²) in [6.45, 7) is 6.18. The summed E-state index contributed by atoms with van der Waals surface area (Å²) in [6, 6.07) is 10.5. The Kier molecular flexibility index (Phi) is 6.90. The Labute approximate surface area is 105 Å². The molecule has 2 nitrogen and oxygen atoms in total. The summed E-state index contributed by atoms with van der Waals surface area (Å²) in [5.74, 6) is 0.578. The third kappa shape index (κ3) is 7.14. The van der Waals surface area contributed by atoms with E-state index in [1.54, 1.807) is 0 Å². The number of hydrogen-bond acceptors (Lipinski definition) is 2. The summed E-state index contributed by atoms with van der Waals surface area (Å²) in [4.78, 5) is 0. The molecule has 96 valence electrons. The van der Waals surface area contributed by atoms with E-state index in [-0.39, 0.29) is 6.10 Å². The van der Waals surface area contributed by atoms with E-state index in [0.717, 1.165) is 32.4 Å². The van der Waals surface area contributed by atoms with Crippen LogP contribution in [0.3, 0.4) is 0 Å². The van der Waals surface area contributed by atoms with E-state index in [9.17, 15) is 5.11 Å². The maximum atomic E-state index is 9.70. The molecule has 0 aliphatic rings. The molecule has 1 aromatic rings. The van der Waals surface area contributed by atoms with E-state index in [1.165, 1.54) is 5.56 Å². The average molecular weight is 235 g/mol. The van der Waals surface area contributed by atoms with Crippen molar-refractivity contribution in [3.8, 4) is 0 Å². The molecule has 1 atom stereocenters. The van der Waals surface area contributed by atoms with Crippen molar-refractivity contribution in [1.82, 2.24) is 5.32 Å². The Morgan fingerprint density at radius 2 is 1.82 bits per heavy atom. The largest absolute Gasteiger partial charge is 0.393 e. The molecule has 1 aromatic carbocycles. The van der Waals surface area contributed by atoms with Gasteiger partial charge in [0.15, 0.2) is 0 Å². The average Bonchev–Trinajstić information content (AvgIpc) is 2.29. The molecule has 0 heterocycles. The van der Waals surface area contributed by atoms with Gasteiger partial charge in [-0.05, 0) is 43.8 Å². The van der Waals surface area contributed by atoms with Crippen LogP contribution in [0.2, 0.25) is 0 Å². The van der Waals surface area contributed by atoms with Crippen LogP contribution in [-0.4, -0.2) is 24.3 Å².